The molecule has 1 aliphatic heterocycles. The monoisotopic (exact) mass is 364 g/mol. The van der Waals surface area contributed by atoms with Gasteiger partial charge in [0.05, 0.1) is 5.92 Å². The third-order valence-electron chi connectivity index (χ3n) is 3.91. The van der Waals surface area contributed by atoms with Gasteiger partial charge in [-0.05, 0) is 43.1 Å². The number of alkyl halides is 3. The molecule has 1 aromatic rings. The van der Waals surface area contributed by atoms with Crippen LogP contribution in [-0.2, 0) is 6.54 Å². The van der Waals surface area contributed by atoms with E-state index in [1.807, 2.05) is 25.1 Å². The van der Waals surface area contributed by atoms with Crippen molar-refractivity contribution in [3.8, 4) is 0 Å². The summed E-state index contributed by atoms with van der Waals surface area (Å²) in [6.45, 7) is 4.55. The molecule has 21 heavy (non-hydrogen) atoms. The van der Waals surface area contributed by atoms with Crippen molar-refractivity contribution >= 4 is 21.6 Å². The minimum absolute atomic E-state index is 0.181. The zero-order valence-corrected chi connectivity index (χ0v) is 13.6. The molecular weight excluding hydrogens is 345 g/mol. The fourth-order valence-electron chi connectivity index (χ4n) is 2.71. The number of halogens is 4. The van der Waals surface area contributed by atoms with Gasteiger partial charge in [0.15, 0.2) is 0 Å². The van der Waals surface area contributed by atoms with Gasteiger partial charge in [-0.15, -0.1) is 0 Å². The third-order valence-corrected chi connectivity index (χ3v) is 4.40. The van der Waals surface area contributed by atoms with Crippen LogP contribution >= 0.6 is 15.9 Å². The van der Waals surface area contributed by atoms with Crippen LogP contribution in [-0.4, -0.2) is 25.8 Å². The molecule has 1 aromatic carbocycles. The summed E-state index contributed by atoms with van der Waals surface area (Å²) in [7, 11) is 0. The minimum Gasteiger partial charge on any atom is -0.371 e. The van der Waals surface area contributed by atoms with Gasteiger partial charge in [0, 0.05) is 29.8 Å². The van der Waals surface area contributed by atoms with Crippen molar-refractivity contribution in [3.05, 3.63) is 28.2 Å². The van der Waals surface area contributed by atoms with Crippen molar-refractivity contribution in [3.63, 3.8) is 0 Å². The van der Waals surface area contributed by atoms with Crippen LogP contribution in [0.1, 0.15) is 25.3 Å². The third kappa shape index (κ3) is 4.36. The molecule has 6 heteroatoms. The Labute approximate surface area is 131 Å². The van der Waals surface area contributed by atoms with Gasteiger partial charge in [-0.25, -0.2) is 0 Å². The summed E-state index contributed by atoms with van der Waals surface area (Å²) in [4.78, 5) is 2.07. The highest BCUT2D eigenvalue weighted by Crippen LogP contribution is 2.36. The molecule has 2 nitrogen and oxygen atoms in total. The number of hydrogen-bond acceptors (Lipinski definition) is 2. The Morgan fingerprint density at radius 1 is 1.29 bits per heavy atom. The number of nitrogens with one attached hydrogen (secondary N) is 1. The molecular formula is C15H20BrF3N2. The van der Waals surface area contributed by atoms with E-state index in [2.05, 4.69) is 26.1 Å². The number of nitrogens with zero attached hydrogens (tertiary/aromatic N) is 1. The van der Waals surface area contributed by atoms with Gasteiger partial charge >= 0.3 is 6.18 Å². The van der Waals surface area contributed by atoms with Gasteiger partial charge in [-0.1, -0.05) is 22.9 Å². The van der Waals surface area contributed by atoms with E-state index in [9.17, 15) is 13.2 Å². The predicted octanol–water partition coefficient (Wildman–Crippen LogP) is 4.34. The van der Waals surface area contributed by atoms with E-state index in [1.54, 1.807) is 0 Å². The Kier molecular flexibility index (Phi) is 5.54. The first-order valence-corrected chi connectivity index (χ1v) is 8.02. The normalized spacial score (nSPS) is 17.3. The Balaban J connectivity index is 2.09. The molecule has 0 atom stereocenters. The molecule has 1 N–H and O–H groups in total. The van der Waals surface area contributed by atoms with Crippen molar-refractivity contribution in [2.75, 3.05) is 24.5 Å². The highest BCUT2D eigenvalue weighted by molar-refractivity contribution is 9.10. The first-order valence-electron chi connectivity index (χ1n) is 7.22. The molecule has 1 fully saturated rings. The molecule has 0 amide bonds. The molecule has 1 aliphatic rings. The lowest BCUT2D eigenvalue weighted by molar-refractivity contribution is -0.179. The predicted molar refractivity (Wildman–Crippen MR) is 82.5 cm³/mol. The van der Waals surface area contributed by atoms with Crippen LogP contribution in [0.15, 0.2) is 22.7 Å². The van der Waals surface area contributed by atoms with Crippen LogP contribution in [0.5, 0.6) is 0 Å². The summed E-state index contributed by atoms with van der Waals surface area (Å²) in [6, 6.07) is 5.97. The standard InChI is InChI=1S/C15H20BrF3N2/c1-2-20-10-11-9-13(16)3-4-14(11)21-7-5-12(6-8-21)15(17,18)19/h3-4,9,12,20H,2,5-8,10H2,1H3. The van der Waals surface area contributed by atoms with Crippen LogP contribution in [0.4, 0.5) is 18.9 Å². The number of benzene rings is 1. The van der Waals surface area contributed by atoms with Crippen molar-refractivity contribution in [1.82, 2.24) is 5.32 Å². The SMILES string of the molecule is CCNCc1cc(Br)ccc1N1CCC(C(F)(F)F)CC1. The summed E-state index contributed by atoms with van der Waals surface area (Å²) >= 11 is 3.45. The number of rotatable bonds is 4. The Morgan fingerprint density at radius 3 is 2.52 bits per heavy atom. The molecule has 118 valence electrons. The zero-order chi connectivity index (χ0) is 15.5. The van der Waals surface area contributed by atoms with E-state index >= 15 is 0 Å². The van der Waals surface area contributed by atoms with Crippen LogP contribution < -0.4 is 10.2 Å². The van der Waals surface area contributed by atoms with Crippen LogP contribution in [0, 0.1) is 5.92 Å². The Morgan fingerprint density at radius 2 is 1.95 bits per heavy atom. The Bertz CT molecular complexity index is 468. The molecule has 0 aliphatic carbocycles. The van der Waals surface area contributed by atoms with Gasteiger partial charge in [0.2, 0.25) is 0 Å². The van der Waals surface area contributed by atoms with Crippen LogP contribution in [0.2, 0.25) is 0 Å². The molecule has 0 bridgehead atoms. The molecule has 0 saturated carbocycles. The van der Waals surface area contributed by atoms with E-state index in [0.29, 0.717) is 13.1 Å². The molecule has 0 radical (unpaired) electrons. The maximum Gasteiger partial charge on any atom is 0.391 e. The van der Waals surface area contributed by atoms with E-state index in [1.165, 1.54) is 0 Å². The number of anilines is 1. The average Bonchev–Trinajstić information content (AvgIpc) is 2.44. The maximum absolute atomic E-state index is 12.7. The van der Waals surface area contributed by atoms with Gasteiger partial charge in [-0.3, -0.25) is 0 Å². The van der Waals surface area contributed by atoms with E-state index in [0.717, 1.165) is 28.8 Å². The second kappa shape index (κ2) is 7.01. The lowest BCUT2D eigenvalue weighted by atomic mass is 9.95. The van der Waals surface area contributed by atoms with Crippen molar-refractivity contribution in [2.45, 2.75) is 32.5 Å². The first kappa shape index (κ1) is 16.6. The summed E-state index contributed by atoms with van der Waals surface area (Å²) in [6.07, 6.45) is -3.70. The smallest absolute Gasteiger partial charge is 0.371 e. The lowest BCUT2D eigenvalue weighted by Gasteiger charge is -2.35. The number of hydrogen-bond donors (Lipinski definition) is 1. The molecule has 0 spiro atoms. The average molecular weight is 365 g/mol. The molecule has 1 heterocycles. The fraction of sp³-hybridized carbons (Fsp3) is 0.600. The van der Waals surface area contributed by atoms with E-state index in [-0.39, 0.29) is 12.8 Å². The quantitative estimate of drug-likeness (QED) is 0.854. The van der Waals surface area contributed by atoms with E-state index in [4.69, 9.17) is 0 Å². The fourth-order valence-corrected chi connectivity index (χ4v) is 3.12. The summed E-state index contributed by atoms with van der Waals surface area (Å²) < 4.78 is 39.2. The van der Waals surface area contributed by atoms with Crippen LogP contribution in [0.25, 0.3) is 0 Å². The number of piperidine rings is 1. The highest BCUT2D eigenvalue weighted by Gasteiger charge is 2.41. The second-order valence-electron chi connectivity index (χ2n) is 5.36. The lowest BCUT2D eigenvalue weighted by Crippen LogP contribution is -2.39. The van der Waals surface area contributed by atoms with Crippen molar-refractivity contribution in [1.29, 1.82) is 0 Å². The molecule has 0 aromatic heterocycles. The minimum atomic E-state index is -4.06. The second-order valence-corrected chi connectivity index (χ2v) is 6.27. The van der Waals surface area contributed by atoms with Crippen LogP contribution in [0.3, 0.4) is 0 Å². The van der Waals surface area contributed by atoms with Crippen molar-refractivity contribution in [2.24, 2.45) is 5.92 Å². The summed E-state index contributed by atoms with van der Waals surface area (Å²) in [5.41, 5.74) is 2.16. The highest BCUT2D eigenvalue weighted by atomic mass is 79.9. The van der Waals surface area contributed by atoms with Gasteiger partial charge < -0.3 is 10.2 Å². The maximum atomic E-state index is 12.7. The van der Waals surface area contributed by atoms with Gasteiger partial charge in [-0.2, -0.15) is 13.2 Å². The van der Waals surface area contributed by atoms with Crippen molar-refractivity contribution < 1.29 is 13.2 Å². The molecule has 1 saturated heterocycles. The largest absolute Gasteiger partial charge is 0.391 e. The molecule has 2 rings (SSSR count). The zero-order valence-electron chi connectivity index (χ0n) is 12.0. The first-order chi connectivity index (χ1) is 9.91. The Hall–Kier alpha value is -0.750. The van der Waals surface area contributed by atoms with E-state index < -0.39 is 12.1 Å². The summed E-state index contributed by atoms with van der Waals surface area (Å²) in [5.74, 6) is -1.15. The molecule has 0 unspecified atom stereocenters. The van der Waals surface area contributed by atoms with Gasteiger partial charge in [0.1, 0.15) is 0 Å². The summed E-state index contributed by atoms with van der Waals surface area (Å²) in [5, 5.41) is 3.28. The topological polar surface area (TPSA) is 15.3 Å². The van der Waals surface area contributed by atoms with Gasteiger partial charge in [0.25, 0.3) is 0 Å².